The smallest absolute Gasteiger partial charge is 0.319 e. The van der Waals surface area contributed by atoms with Crippen molar-refractivity contribution in [3.63, 3.8) is 0 Å². The van der Waals surface area contributed by atoms with Crippen LogP contribution in [0.1, 0.15) is 38.7 Å². The molecule has 1 heterocycles. The van der Waals surface area contributed by atoms with Crippen molar-refractivity contribution in [1.82, 2.24) is 10.2 Å². The van der Waals surface area contributed by atoms with Crippen LogP contribution in [0, 0.1) is 17.7 Å². The van der Waals surface area contributed by atoms with Crippen LogP contribution in [0.2, 0.25) is 0 Å². The van der Waals surface area contributed by atoms with Crippen molar-refractivity contribution in [2.45, 2.75) is 45.1 Å². The summed E-state index contributed by atoms with van der Waals surface area (Å²) in [7, 11) is 1.58. The number of halogens is 1. The van der Waals surface area contributed by atoms with Crippen LogP contribution >= 0.6 is 0 Å². The van der Waals surface area contributed by atoms with Crippen LogP contribution in [0.25, 0.3) is 0 Å². The van der Waals surface area contributed by atoms with E-state index >= 15 is 0 Å². The summed E-state index contributed by atoms with van der Waals surface area (Å²) < 4.78 is 18.3. The topological polar surface area (TPSA) is 73.8 Å². The molecule has 2 aromatic rings. The van der Waals surface area contributed by atoms with Crippen molar-refractivity contribution in [1.29, 1.82) is 0 Å². The van der Waals surface area contributed by atoms with E-state index in [9.17, 15) is 14.3 Å². The molecule has 0 aromatic heterocycles. The fraction of sp³-hybridized carbons (Fsp3) is 0.519. The third-order valence-electron chi connectivity index (χ3n) is 6.36. The van der Waals surface area contributed by atoms with Crippen LogP contribution in [0.4, 0.5) is 14.9 Å². The number of ether oxygens (including phenoxy) is 1. The number of amides is 2. The van der Waals surface area contributed by atoms with Gasteiger partial charge in [0.1, 0.15) is 11.6 Å². The number of anilines is 1. The minimum atomic E-state index is -1.01. The van der Waals surface area contributed by atoms with Gasteiger partial charge in [-0.3, -0.25) is 0 Å². The van der Waals surface area contributed by atoms with Gasteiger partial charge in [-0.2, -0.15) is 0 Å². The molecule has 2 aromatic carbocycles. The van der Waals surface area contributed by atoms with Crippen molar-refractivity contribution >= 4 is 11.7 Å². The first kappa shape index (κ1) is 26.0. The molecule has 186 valence electrons. The molecule has 0 spiro atoms. The van der Waals surface area contributed by atoms with Crippen LogP contribution in [0.15, 0.2) is 48.5 Å². The van der Waals surface area contributed by atoms with Crippen molar-refractivity contribution in [3.8, 4) is 5.75 Å². The Morgan fingerprint density at radius 2 is 1.91 bits per heavy atom. The van der Waals surface area contributed by atoms with Crippen molar-refractivity contribution in [3.05, 3.63) is 59.9 Å². The van der Waals surface area contributed by atoms with E-state index in [0.29, 0.717) is 36.2 Å². The quantitative estimate of drug-likeness (QED) is 0.470. The molecule has 0 aliphatic carbocycles. The molecule has 0 unspecified atom stereocenters. The number of rotatable bonds is 10. The maximum Gasteiger partial charge on any atom is 0.319 e. The van der Waals surface area contributed by atoms with E-state index in [2.05, 4.69) is 29.4 Å². The van der Waals surface area contributed by atoms with Crippen LogP contribution in [-0.4, -0.2) is 54.9 Å². The minimum Gasteiger partial charge on any atom is -0.497 e. The second-order valence-electron chi connectivity index (χ2n) is 9.91. The van der Waals surface area contributed by atoms with E-state index in [1.807, 2.05) is 24.3 Å². The fourth-order valence-electron chi connectivity index (χ4n) is 4.79. The zero-order valence-corrected chi connectivity index (χ0v) is 20.5. The normalized spacial score (nSPS) is 16.8. The highest BCUT2D eigenvalue weighted by atomic mass is 19.1. The average Bonchev–Trinajstić information content (AvgIpc) is 2.80. The lowest BCUT2D eigenvalue weighted by Crippen LogP contribution is -2.53. The summed E-state index contributed by atoms with van der Waals surface area (Å²) in [5.74, 6) is 1.32. The summed E-state index contributed by atoms with van der Waals surface area (Å²) >= 11 is 0. The Morgan fingerprint density at radius 3 is 2.56 bits per heavy atom. The van der Waals surface area contributed by atoms with Gasteiger partial charge < -0.3 is 25.4 Å². The van der Waals surface area contributed by atoms with E-state index in [-0.39, 0.29) is 18.4 Å². The number of urea groups is 1. The average molecular weight is 472 g/mol. The van der Waals surface area contributed by atoms with Crippen molar-refractivity contribution < 1.29 is 19.0 Å². The van der Waals surface area contributed by atoms with Crippen LogP contribution < -0.4 is 15.4 Å². The molecule has 1 atom stereocenters. The molecular formula is C27H38FN3O3. The predicted octanol–water partition coefficient (Wildman–Crippen LogP) is 4.69. The third kappa shape index (κ3) is 8.29. The van der Waals surface area contributed by atoms with Crippen molar-refractivity contribution in [2.75, 3.05) is 38.6 Å². The van der Waals surface area contributed by atoms with Gasteiger partial charge in [-0.25, -0.2) is 9.18 Å². The molecule has 2 amide bonds. The van der Waals surface area contributed by atoms with Crippen LogP contribution in [0.5, 0.6) is 5.75 Å². The SMILES string of the molecule is COc1cccc(NC(=O)NC[C@](O)(CC(C)C)CN2CCC(Cc3ccc(F)cc3)CC2)c1. The molecule has 7 heteroatoms. The van der Waals surface area contributed by atoms with E-state index in [1.54, 1.807) is 19.2 Å². The molecule has 34 heavy (non-hydrogen) atoms. The summed E-state index contributed by atoms with van der Waals surface area (Å²) in [6, 6.07) is 13.6. The molecule has 1 saturated heterocycles. The number of hydrogen-bond donors (Lipinski definition) is 3. The molecular weight excluding hydrogens is 433 g/mol. The van der Waals surface area contributed by atoms with E-state index in [1.165, 1.54) is 17.7 Å². The fourth-order valence-corrected chi connectivity index (χ4v) is 4.79. The van der Waals surface area contributed by atoms with Crippen LogP contribution in [0.3, 0.4) is 0 Å². The lowest BCUT2D eigenvalue weighted by molar-refractivity contribution is -0.0177. The van der Waals surface area contributed by atoms with Crippen molar-refractivity contribution in [2.24, 2.45) is 11.8 Å². The zero-order valence-electron chi connectivity index (χ0n) is 20.5. The van der Waals surface area contributed by atoms with Gasteiger partial charge in [-0.15, -0.1) is 0 Å². The van der Waals surface area contributed by atoms with E-state index < -0.39 is 5.60 Å². The zero-order chi connectivity index (χ0) is 24.6. The lowest BCUT2D eigenvalue weighted by atomic mass is 9.87. The summed E-state index contributed by atoms with van der Waals surface area (Å²) in [6.07, 6.45) is 3.64. The minimum absolute atomic E-state index is 0.177. The number of likely N-dealkylation sites (tertiary alicyclic amines) is 1. The highest BCUT2D eigenvalue weighted by Crippen LogP contribution is 2.25. The van der Waals surface area contributed by atoms with Gasteiger partial charge in [0, 0.05) is 24.8 Å². The van der Waals surface area contributed by atoms with Gasteiger partial charge in [-0.05, 0) is 80.4 Å². The maximum absolute atomic E-state index is 13.2. The molecule has 0 radical (unpaired) electrons. The Hall–Kier alpha value is -2.64. The number of benzene rings is 2. The molecule has 1 aliphatic heterocycles. The number of nitrogens with zero attached hydrogens (tertiary/aromatic N) is 1. The number of carbonyl (C=O) groups is 1. The Bertz CT molecular complexity index is 914. The van der Waals surface area contributed by atoms with Gasteiger partial charge in [0.15, 0.2) is 0 Å². The van der Waals surface area contributed by atoms with Crippen LogP contribution in [-0.2, 0) is 6.42 Å². The van der Waals surface area contributed by atoms with Gasteiger partial charge in [0.25, 0.3) is 0 Å². The molecule has 0 bridgehead atoms. The first-order valence-electron chi connectivity index (χ1n) is 12.1. The summed E-state index contributed by atoms with van der Waals surface area (Å²) in [4.78, 5) is 14.8. The number of piperidine rings is 1. The second kappa shape index (κ2) is 12.2. The number of β-amino-alcohol motifs (C(OH)–C–C–N with tert-alkyl or cyclic N) is 1. The number of carbonyl (C=O) groups excluding carboxylic acids is 1. The Kier molecular flexibility index (Phi) is 9.30. The molecule has 1 fully saturated rings. The Morgan fingerprint density at radius 1 is 1.21 bits per heavy atom. The second-order valence-corrected chi connectivity index (χ2v) is 9.91. The number of methoxy groups -OCH3 is 1. The van der Waals surface area contributed by atoms with E-state index in [0.717, 1.165) is 32.4 Å². The number of hydrogen-bond acceptors (Lipinski definition) is 4. The first-order valence-corrected chi connectivity index (χ1v) is 12.1. The highest BCUT2D eigenvalue weighted by Gasteiger charge is 2.32. The predicted molar refractivity (Wildman–Crippen MR) is 134 cm³/mol. The van der Waals surface area contributed by atoms with Gasteiger partial charge in [0.05, 0.1) is 12.7 Å². The van der Waals surface area contributed by atoms with Gasteiger partial charge >= 0.3 is 6.03 Å². The molecule has 1 aliphatic rings. The standard InChI is InChI=1S/C27H38FN3O3/c1-20(2)17-27(33,18-29-26(32)30-24-5-4-6-25(16-24)34-3)19-31-13-11-22(12-14-31)15-21-7-9-23(28)10-8-21/h4-10,16,20,22,33H,11-15,17-19H2,1-3H3,(H2,29,30,32)/t27-/m1/s1. The van der Waals surface area contributed by atoms with Gasteiger partial charge in [-0.1, -0.05) is 32.0 Å². The largest absolute Gasteiger partial charge is 0.497 e. The summed E-state index contributed by atoms with van der Waals surface area (Å²) in [6.45, 7) is 6.67. The monoisotopic (exact) mass is 471 g/mol. The molecule has 6 nitrogen and oxygen atoms in total. The highest BCUT2D eigenvalue weighted by molar-refractivity contribution is 5.89. The lowest BCUT2D eigenvalue weighted by Gasteiger charge is -2.39. The number of nitrogens with one attached hydrogen (secondary N) is 2. The Balaban J connectivity index is 1.50. The molecule has 0 saturated carbocycles. The summed E-state index contributed by atoms with van der Waals surface area (Å²) in [5.41, 5.74) is 0.791. The van der Waals surface area contributed by atoms with E-state index in [4.69, 9.17) is 4.74 Å². The first-order chi connectivity index (χ1) is 16.2. The summed E-state index contributed by atoms with van der Waals surface area (Å²) in [5, 5.41) is 17.1. The molecule has 3 N–H and O–H groups in total. The number of aliphatic hydroxyl groups is 1. The van der Waals surface area contributed by atoms with Gasteiger partial charge in [0.2, 0.25) is 0 Å². The molecule has 3 rings (SSSR count). The Labute approximate surface area is 202 Å². The third-order valence-corrected chi connectivity index (χ3v) is 6.36. The maximum atomic E-state index is 13.2.